The lowest BCUT2D eigenvalue weighted by Crippen LogP contribution is -2.22. The molecule has 0 aliphatic carbocycles. The van der Waals surface area contributed by atoms with Crippen LogP contribution < -0.4 is 0 Å². The first-order valence-corrected chi connectivity index (χ1v) is 5.70. The Morgan fingerprint density at radius 2 is 2.00 bits per heavy atom. The molecule has 0 saturated carbocycles. The van der Waals surface area contributed by atoms with Gasteiger partial charge in [0.05, 0.1) is 30.2 Å². The maximum Gasteiger partial charge on any atom is 0.337 e. The molecule has 7 heteroatoms. The lowest BCUT2D eigenvalue weighted by Gasteiger charge is -2.17. The molecular weight excluding hydrogens is 276 g/mol. The Morgan fingerprint density at radius 3 is 2.47 bits per heavy atom. The van der Waals surface area contributed by atoms with E-state index in [1.165, 1.54) is 25.3 Å². The summed E-state index contributed by atoms with van der Waals surface area (Å²) in [5.74, 6) is -1.86. The molecule has 0 radical (unpaired) electrons. The Balaban J connectivity index is 2.88. The van der Waals surface area contributed by atoms with E-state index in [4.69, 9.17) is 16.7 Å². The van der Waals surface area contributed by atoms with E-state index in [0.717, 1.165) is 0 Å². The summed E-state index contributed by atoms with van der Waals surface area (Å²) in [4.78, 5) is 21.7. The number of carboxylic acid groups (broad SMARTS) is 1. The van der Waals surface area contributed by atoms with Crippen molar-refractivity contribution in [3.05, 3.63) is 34.3 Å². The number of carbonyl (C=O) groups is 2. The monoisotopic (exact) mass is 288 g/mol. The van der Waals surface area contributed by atoms with Crippen molar-refractivity contribution in [2.45, 2.75) is 18.6 Å². The molecule has 0 spiro atoms. The van der Waals surface area contributed by atoms with Crippen molar-refractivity contribution in [2.75, 3.05) is 7.11 Å². The number of methoxy groups -OCH3 is 1. The maximum absolute atomic E-state index is 11.0. The van der Waals surface area contributed by atoms with Crippen LogP contribution in [0.2, 0.25) is 5.02 Å². The van der Waals surface area contributed by atoms with Gasteiger partial charge in [-0.25, -0.2) is 4.79 Å². The molecule has 0 bridgehead atoms. The summed E-state index contributed by atoms with van der Waals surface area (Å²) in [6.07, 6.45) is -3.10. The molecule has 0 aromatic heterocycles. The van der Waals surface area contributed by atoms with Gasteiger partial charge in [-0.1, -0.05) is 17.7 Å². The van der Waals surface area contributed by atoms with Crippen molar-refractivity contribution >= 4 is 23.5 Å². The van der Waals surface area contributed by atoms with Crippen molar-refractivity contribution in [1.29, 1.82) is 0 Å². The largest absolute Gasteiger partial charge is 0.478 e. The van der Waals surface area contributed by atoms with Crippen molar-refractivity contribution < 1.29 is 29.6 Å². The van der Waals surface area contributed by atoms with E-state index in [9.17, 15) is 19.8 Å². The molecule has 1 aromatic carbocycles. The van der Waals surface area contributed by atoms with E-state index in [2.05, 4.69) is 4.74 Å². The molecule has 1 aromatic rings. The zero-order chi connectivity index (χ0) is 14.6. The summed E-state index contributed by atoms with van der Waals surface area (Å²) in [6, 6.07) is 3.77. The van der Waals surface area contributed by atoms with Gasteiger partial charge in [0, 0.05) is 0 Å². The summed E-state index contributed by atoms with van der Waals surface area (Å²) < 4.78 is 4.37. The molecule has 3 N–H and O–H groups in total. The van der Waals surface area contributed by atoms with Gasteiger partial charge in [0.25, 0.3) is 0 Å². The third kappa shape index (κ3) is 3.92. The Kier molecular flexibility index (Phi) is 5.29. The zero-order valence-electron chi connectivity index (χ0n) is 10.0. The fourth-order valence-electron chi connectivity index (χ4n) is 1.48. The predicted octanol–water partition coefficient (Wildman–Crippen LogP) is 0.996. The fraction of sp³-hybridized carbons (Fsp3) is 0.333. The number of rotatable bonds is 5. The van der Waals surface area contributed by atoms with Gasteiger partial charge in [-0.2, -0.15) is 0 Å². The van der Waals surface area contributed by atoms with Crippen LogP contribution in [-0.4, -0.2) is 40.5 Å². The lowest BCUT2D eigenvalue weighted by atomic mass is 10.0. The molecule has 0 saturated heterocycles. The van der Waals surface area contributed by atoms with Crippen LogP contribution in [-0.2, 0) is 9.53 Å². The number of hydrogen-bond donors (Lipinski definition) is 3. The third-order valence-corrected chi connectivity index (χ3v) is 2.85. The van der Waals surface area contributed by atoms with Crippen LogP contribution in [0, 0.1) is 0 Å². The van der Waals surface area contributed by atoms with Crippen LogP contribution in [0.15, 0.2) is 18.2 Å². The summed E-state index contributed by atoms with van der Waals surface area (Å²) in [5.41, 5.74) is 0.103. The maximum atomic E-state index is 11.0. The molecule has 0 aliphatic heterocycles. The van der Waals surface area contributed by atoms with Crippen LogP contribution >= 0.6 is 11.6 Å². The van der Waals surface area contributed by atoms with Gasteiger partial charge in [0.2, 0.25) is 0 Å². The van der Waals surface area contributed by atoms with Crippen LogP contribution in [0.4, 0.5) is 0 Å². The van der Waals surface area contributed by atoms with Gasteiger partial charge < -0.3 is 20.1 Å². The minimum absolute atomic E-state index is 0.0608. The minimum Gasteiger partial charge on any atom is -0.478 e. The highest BCUT2D eigenvalue weighted by Gasteiger charge is 2.23. The molecule has 0 fully saturated rings. The van der Waals surface area contributed by atoms with Crippen molar-refractivity contribution in [3.8, 4) is 0 Å². The number of esters is 1. The average Bonchev–Trinajstić information content (AvgIpc) is 2.36. The van der Waals surface area contributed by atoms with E-state index < -0.39 is 24.1 Å². The smallest absolute Gasteiger partial charge is 0.337 e. The molecule has 6 nitrogen and oxygen atoms in total. The van der Waals surface area contributed by atoms with Gasteiger partial charge in [-0.15, -0.1) is 0 Å². The molecule has 1 rings (SSSR count). The van der Waals surface area contributed by atoms with Crippen LogP contribution in [0.5, 0.6) is 0 Å². The Hall–Kier alpha value is -1.63. The van der Waals surface area contributed by atoms with Gasteiger partial charge in [0.15, 0.2) is 0 Å². The highest BCUT2D eigenvalue weighted by molar-refractivity contribution is 6.33. The van der Waals surface area contributed by atoms with E-state index in [1.807, 2.05) is 0 Å². The van der Waals surface area contributed by atoms with Gasteiger partial charge in [-0.05, 0) is 17.7 Å². The number of carbonyl (C=O) groups excluding carboxylic acids is 1. The van der Waals surface area contributed by atoms with Crippen LogP contribution in [0.3, 0.4) is 0 Å². The van der Waals surface area contributed by atoms with Gasteiger partial charge in [-0.3, -0.25) is 4.79 Å². The number of hydrogen-bond acceptors (Lipinski definition) is 5. The molecule has 104 valence electrons. The number of carboxylic acids is 1. The first-order valence-electron chi connectivity index (χ1n) is 5.32. The molecule has 2 unspecified atom stereocenters. The van der Waals surface area contributed by atoms with Gasteiger partial charge >= 0.3 is 11.9 Å². The molecular formula is C12H13ClO6. The molecule has 0 heterocycles. The average molecular weight is 289 g/mol. The van der Waals surface area contributed by atoms with Crippen LogP contribution in [0.1, 0.15) is 28.4 Å². The zero-order valence-corrected chi connectivity index (χ0v) is 10.8. The SMILES string of the molecule is COC(=O)CC(O)C(O)c1ccc(C(=O)O)c(Cl)c1. The Bertz CT molecular complexity index is 487. The standard InChI is InChI=1S/C12H13ClO6/c1-19-10(15)5-9(14)11(16)6-2-3-7(12(17)18)8(13)4-6/h2-4,9,11,14,16H,5H2,1H3,(H,17,18). The number of aliphatic hydroxyl groups excluding tert-OH is 2. The highest BCUT2D eigenvalue weighted by atomic mass is 35.5. The fourth-order valence-corrected chi connectivity index (χ4v) is 1.75. The second-order valence-electron chi connectivity index (χ2n) is 3.84. The second-order valence-corrected chi connectivity index (χ2v) is 4.24. The topological polar surface area (TPSA) is 104 Å². The first-order chi connectivity index (χ1) is 8.86. The highest BCUT2D eigenvalue weighted by Crippen LogP contribution is 2.25. The predicted molar refractivity (Wildman–Crippen MR) is 66.0 cm³/mol. The third-order valence-electron chi connectivity index (χ3n) is 2.53. The van der Waals surface area contributed by atoms with Gasteiger partial charge in [0.1, 0.15) is 6.10 Å². The quantitative estimate of drug-likeness (QED) is 0.698. The minimum atomic E-state index is -1.36. The molecule has 2 atom stereocenters. The summed E-state index contributed by atoms with van der Waals surface area (Å²) >= 11 is 5.74. The molecule has 0 aliphatic rings. The summed E-state index contributed by atoms with van der Waals surface area (Å²) in [7, 11) is 1.17. The number of benzene rings is 1. The number of aromatic carboxylic acids is 1. The molecule has 19 heavy (non-hydrogen) atoms. The van der Waals surface area contributed by atoms with Crippen molar-refractivity contribution in [2.24, 2.45) is 0 Å². The molecule has 0 amide bonds. The first kappa shape index (κ1) is 15.4. The number of halogens is 1. The number of ether oxygens (including phenoxy) is 1. The van der Waals surface area contributed by atoms with E-state index >= 15 is 0 Å². The van der Waals surface area contributed by atoms with E-state index in [-0.39, 0.29) is 22.6 Å². The summed E-state index contributed by atoms with van der Waals surface area (Å²) in [6.45, 7) is 0. The van der Waals surface area contributed by atoms with E-state index in [0.29, 0.717) is 0 Å². The van der Waals surface area contributed by atoms with Crippen LogP contribution in [0.25, 0.3) is 0 Å². The Labute approximate surface area is 114 Å². The number of aliphatic hydroxyl groups is 2. The Morgan fingerprint density at radius 1 is 1.37 bits per heavy atom. The van der Waals surface area contributed by atoms with Crippen molar-refractivity contribution in [3.63, 3.8) is 0 Å². The van der Waals surface area contributed by atoms with E-state index in [1.54, 1.807) is 0 Å². The second kappa shape index (κ2) is 6.51. The lowest BCUT2D eigenvalue weighted by molar-refractivity contribution is -0.144. The van der Waals surface area contributed by atoms with Crippen molar-refractivity contribution in [1.82, 2.24) is 0 Å². The summed E-state index contributed by atoms with van der Waals surface area (Å²) in [5, 5.41) is 28.2. The normalized spacial score (nSPS) is 13.7.